The molecule has 1 aliphatic rings. The molecule has 3 nitrogen and oxygen atoms in total. The number of fused-ring (bicyclic) bond motifs is 1. The Balaban J connectivity index is 2.09. The highest BCUT2D eigenvalue weighted by Crippen LogP contribution is 2.40. The molecule has 0 amide bonds. The molecule has 1 aromatic heterocycles. The molecule has 1 aliphatic carbocycles. The third-order valence-electron chi connectivity index (χ3n) is 4.42. The van der Waals surface area contributed by atoms with Crippen LogP contribution in [0.3, 0.4) is 0 Å². The van der Waals surface area contributed by atoms with E-state index in [1.807, 2.05) is 31.2 Å². The summed E-state index contributed by atoms with van der Waals surface area (Å²) >= 11 is 0. The zero-order valence-corrected chi connectivity index (χ0v) is 11.3. The molecule has 2 atom stereocenters. The van der Waals surface area contributed by atoms with Crippen LogP contribution in [0.4, 0.5) is 0 Å². The molecule has 0 bridgehead atoms. The quantitative estimate of drug-likeness (QED) is 0.886. The summed E-state index contributed by atoms with van der Waals surface area (Å²) in [6.07, 6.45) is 6.21. The van der Waals surface area contributed by atoms with Crippen LogP contribution in [0.2, 0.25) is 0 Å². The molecule has 3 heteroatoms. The first-order valence-electron chi connectivity index (χ1n) is 7.15. The summed E-state index contributed by atoms with van der Waals surface area (Å²) in [6.45, 7) is 1.86. The molecule has 2 N–H and O–H groups in total. The number of aliphatic hydroxyl groups excluding tert-OH is 1. The lowest BCUT2D eigenvalue weighted by Gasteiger charge is -2.28. The maximum atomic E-state index is 10.2. The van der Waals surface area contributed by atoms with E-state index in [0.29, 0.717) is 11.7 Å². The number of benzene rings is 1. The molecule has 0 spiro atoms. The summed E-state index contributed by atoms with van der Waals surface area (Å²) in [4.78, 5) is 0. The molecule has 0 radical (unpaired) electrons. The van der Waals surface area contributed by atoms with Crippen molar-refractivity contribution in [3.05, 3.63) is 30.5 Å². The fourth-order valence-corrected chi connectivity index (χ4v) is 3.59. The largest absolute Gasteiger partial charge is 0.506 e. The van der Waals surface area contributed by atoms with Gasteiger partial charge in [-0.3, -0.25) is 0 Å². The van der Waals surface area contributed by atoms with Gasteiger partial charge >= 0.3 is 0 Å². The van der Waals surface area contributed by atoms with Gasteiger partial charge in [-0.05, 0) is 37.8 Å². The van der Waals surface area contributed by atoms with Crippen molar-refractivity contribution in [2.24, 2.45) is 5.92 Å². The van der Waals surface area contributed by atoms with Crippen LogP contribution in [0.15, 0.2) is 30.5 Å². The summed E-state index contributed by atoms with van der Waals surface area (Å²) < 4.78 is 2.07. The average Bonchev–Trinajstić information content (AvgIpc) is 3.00. The van der Waals surface area contributed by atoms with Gasteiger partial charge in [-0.1, -0.05) is 25.0 Å². The van der Waals surface area contributed by atoms with Crippen LogP contribution in [0.1, 0.15) is 38.6 Å². The van der Waals surface area contributed by atoms with Crippen LogP contribution in [-0.2, 0) is 0 Å². The topological polar surface area (TPSA) is 45.4 Å². The van der Waals surface area contributed by atoms with E-state index < -0.39 is 6.10 Å². The normalized spacial score (nSPS) is 19.9. The number of nitrogens with zero attached hydrogens (tertiary/aromatic N) is 1. The predicted molar refractivity (Wildman–Crippen MR) is 76.3 cm³/mol. The van der Waals surface area contributed by atoms with Gasteiger partial charge in [-0.15, -0.1) is 0 Å². The number of aromatic hydroxyl groups is 1. The first-order valence-corrected chi connectivity index (χ1v) is 7.15. The molecule has 0 saturated heterocycles. The molecule has 1 saturated carbocycles. The second kappa shape index (κ2) is 4.89. The first kappa shape index (κ1) is 12.5. The predicted octanol–water partition coefficient (Wildman–Crippen LogP) is 3.46. The summed E-state index contributed by atoms with van der Waals surface area (Å²) in [5.74, 6) is 0.814. The second-order valence-electron chi connectivity index (χ2n) is 5.71. The Morgan fingerprint density at radius 2 is 1.89 bits per heavy atom. The van der Waals surface area contributed by atoms with Crippen molar-refractivity contribution in [3.8, 4) is 5.75 Å². The third kappa shape index (κ3) is 2.12. The molecule has 1 fully saturated rings. The maximum Gasteiger partial charge on any atom is 0.141 e. The summed E-state index contributed by atoms with van der Waals surface area (Å²) in [5, 5.41) is 21.1. The lowest BCUT2D eigenvalue weighted by atomic mass is 9.93. The number of hydrogen-bond acceptors (Lipinski definition) is 2. The minimum Gasteiger partial charge on any atom is -0.506 e. The van der Waals surface area contributed by atoms with E-state index in [0.717, 1.165) is 10.9 Å². The number of hydrogen-bond donors (Lipinski definition) is 2. The molecular formula is C16H21NO2. The second-order valence-corrected chi connectivity index (χ2v) is 5.71. The van der Waals surface area contributed by atoms with Crippen LogP contribution in [0, 0.1) is 5.92 Å². The highest BCUT2D eigenvalue weighted by Gasteiger charge is 2.31. The van der Waals surface area contributed by atoms with Crippen molar-refractivity contribution >= 4 is 10.9 Å². The van der Waals surface area contributed by atoms with Gasteiger partial charge in [0, 0.05) is 11.6 Å². The summed E-state index contributed by atoms with van der Waals surface area (Å²) in [7, 11) is 0. The van der Waals surface area contributed by atoms with Gasteiger partial charge in [-0.2, -0.15) is 0 Å². The summed E-state index contributed by atoms with van der Waals surface area (Å²) in [5.41, 5.74) is 1.01. The van der Waals surface area contributed by atoms with E-state index in [2.05, 4.69) is 4.57 Å². The van der Waals surface area contributed by atoms with E-state index in [9.17, 15) is 10.2 Å². The van der Waals surface area contributed by atoms with Gasteiger partial charge in [0.1, 0.15) is 5.75 Å². The number of rotatable bonds is 3. The Labute approximate surface area is 113 Å². The van der Waals surface area contributed by atoms with Crippen LogP contribution in [0.5, 0.6) is 5.75 Å². The standard InChI is InChI=1S/C16H21NO2/c1-11(18)16(12-6-2-3-7-12)17-10-15(19)13-8-4-5-9-14(13)17/h4-5,8-12,16,18-19H,2-3,6-7H2,1H3. The van der Waals surface area contributed by atoms with Gasteiger partial charge in [0.15, 0.2) is 0 Å². The Morgan fingerprint density at radius 1 is 1.21 bits per heavy atom. The maximum absolute atomic E-state index is 10.2. The minimum absolute atomic E-state index is 0.0632. The lowest BCUT2D eigenvalue weighted by molar-refractivity contribution is 0.0972. The van der Waals surface area contributed by atoms with E-state index >= 15 is 0 Å². The smallest absolute Gasteiger partial charge is 0.141 e. The van der Waals surface area contributed by atoms with Crippen molar-refractivity contribution < 1.29 is 10.2 Å². The zero-order chi connectivity index (χ0) is 13.4. The summed E-state index contributed by atoms with van der Waals surface area (Å²) in [6, 6.07) is 7.91. The fraction of sp³-hybridized carbons (Fsp3) is 0.500. The minimum atomic E-state index is -0.404. The van der Waals surface area contributed by atoms with Gasteiger partial charge in [0.05, 0.1) is 17.7 Å². The molecule has 1 aromatic carbocycles. The molecule has 2 aromatic rings. The molecule has 2 unspecified atom stereocenters. The Bertz CT molecular complexity index is 567. The van der Waals surface area contributed by atoms with Crippen LogP contribution < -0.4 is 0 Å². The van der Waals surface area contributed by atoms with E-state index in [-0.39, 0.29) is 6.04 Å². The lowest BCUT2D eigenvalue weighted by Crippen LogP contribution is -2.27. The molecular weight excluding hydrogens is 238 g/mol. The SMILES string of the molecule is CC(O)C(C1CCCC1)n1cc(O)c2ccccc21. The van der Waals surface area contributed by atoms with Crippen molar-refractivity contribution in [1.82, 2.24) is 4.57 Å². The molecule has 3 rings (SSSR count). The number of aliphatic hydroxyl groups is 1. The highest BCUT2D eigenvalue weighted by molar-refractivity contribution is 5.86. The van der Waals surface area contributed by atoms with Crippen LogP contribution >= 0.6 is 0 Å². The van der Waals surface area contributed by atoms with E-state index in [4.69, 9.17) is 0 Å². The fourth-order valence-electron chi connectivity index (χ4n) is 3.59. The first-order chi connectivity index (χ1) is 9.18. The van der Waals surface area contributed by atoms with Gasteiger partial charge < -0.3 is 14.8 Å². The monoisotopic (exact) mass is 259 g/mol. The van der Waals surface area contributed by atoms with Crippen LogP contribution in [-0.4, -0.2) is 20.9 Å². The number of aromatic nitrogens is 1. The Kier molecular flexibility index (Phi) is 3.23. The highest BCUT2D eigenvalue weighted by atomic mass is 16.3. The zero-order valence-electron chi connectivity index (χ0n) is 11.3. The van der Waals surface area contributed by atoms with Crippen molar-refractivity contribution in [2.75, 3.05) is 0 Å². The third-order valence-corrected chi connectivity index (χ3v) is 4.42. The van der Waals surface area contributed by atoms with Gasteiger partial charge in [0.25, 0.3) is 0 Å². The Morgan fingerprint density at radius 3 is 2.58 bits per heavy atom. The molecule has 0 aliphatic heterocycles. The van der Waals surface area contributed by atoms with E-state index in [1.165, 1.54) is 25.7 Å². The van der Waals surface area contributed by atoms with Crippen molar-refractivity contribution in [1.29, 1.82) is 0 Å². The van der Waals surface area contributed by atoms with Gasteiger partial charge in [0.2, 0.25) is 0 Å². The van der Waals surface area contributed by atoms with Gasteiger partial charge in [-0.25, -0.2) is 0 Å². The van der Waals surface area contributed by atoms with Crippen molar-refractivity contribution in [2.45, 2.75) is 44.8 Å². The van der Waals surface area contributed by atoms with E-state index in [1.54, 1.807) is 6.20 Å². The molecule has 19 heavy (non-hydrogen) atoms. The van der Waals surface area contributed by atoms with Crippen LogP contribution in [0.25, 0.3) is 10.9 Å². The molecule has 102 valence electrons. The average molecular weight is 259 g/mol. The Hall–Kier alpha value is -1.48. The van der Waals surface area contributed by atoms with Crippen molar-refractivity contribution in [3.63, 3.8) is 0 Å². The number of para-hydroxylation sites is 1. The molecule has 1 heterocycles.